The maximum Gasteiger partial charge on any atom is 0.363 e. The first-order chi connectivity index (χ1) is 10.9. The number of hydrogen-bond acceptors (Lipinski definition) is 3. The van der Waals surface area contributed by atoms with Gasteiger partial charge in [-0.3, -0.25) is 9.89 Å². The van der Waals surface area contributed by atoms with Crippen molar-refractivity contribution < 1.29 is 17.7 Å². The highest BCUT2D eigenvalue weighted by Crippen LogP contribution is 2.20. The van der Waals surface area contributed by atoms with Crippen molar-refractivity contribution in [3.63, 3.8) is 0 Å². The molecule has 0 amide bonds. The summed E-state index contributed by atoms with van der Waals surface area (Å²) >= 11 is 5.86. The Balaban J connectivity index is 1.96. The van der Waals surface area contributed by atoms with Crippen LogP contribution in [0.2, 0.25) is 5.02 Å². The second-order valence-corrected chi connectivity index (χ2v) is 8.24. The first-order valence-corrected chi connectivity index (χ1v) is 9.49. The van der Waals surface area contributed by atoms with Gasteiger partial charge in [0.2, 0.25) is 0 Å². The molecule has 1 N–H and O–H groups in total. The summed E-state index contributed by atoms with van der Waals surface area (Å²) in [6.07, 6.45) is 0.127. The van der Waals surface area contributed by atoms with Crippen LogP contribution >= 0.6 is 11.6 Å². The number of halogens is 1. The SMILES string of the molecule is C[C@H]1C[N+](=C2NCCN2S(=O)(=O)c2ccc(Cl)cc2)C[C@H](C)O1. The van der Waals surface area contributed by atoms with Crippen molar-refractivity contribution in [2.24, 2.45) is 0 Å². The fourth-order valence-corrected chi connectivity index (χ4v) is 4.65. The van der Waals surface area contributed by atoms with Gasteiger partial charge in [-0.05, 0) is 38.1 Å². The molecule has 0 unspecified atom stereocenters. The van der Waals surface area contributed by atoms with Crippen LogP contribution in [0.5, 0.6) is 0 Å². The first kappa shape index (κ1) is 16.5. The van der Waals surface area contributed by atoms with Crippen molar-refractivity contribution in [2.75, 3.05) is 26.2 Å². The van der Waals surface area contributed by atoms with Gasteiger partial charge in [-0.1, -0.05) is 11.6 Å². The Morgan fingerprint density at radius 2 is 1.83 bits per heavy atom. The number of benzene rings is 1. The Bertz CT molecular complexity index is 706. The largest absolute Gasteiger partial charge is 0.369 e. The number of hydrogen-bond donors (Lipinski definition) is 1. The van der Waals surface area contributed by atoms with E-state index < -0.39 is 10.0 Å². The van der Waals surface area contributed by atoms with Gasteiger partial charge in [0.25, 0.3) is 0 Å². The molecule has 6 nitrogen and oxygen atoms in total. The standard InChI is InChI=1S/C15H20ClN3O3S/c1-11-9-18(10-12(2)22-11)15-17-7-8-19(15)23(20,21)14-5-3-13(16)4-6-14/h3-6,11-12H,7-10H2,1-2H3/p+1/t11-,12-/m0/s1. The van der Waals surface area contributed by atoms with E-state index in [9.17, 15) is 8.42 Å². The second kappa shape index (κ2) is 6.30. The Morgan fingerprint density at radius 1 is 1.22 bits per heavy atom. The number of nitrogens with one attached hydrogen (secondary N) is 1. The van der Waals surface area contributed by atoms with Gasteiger partial charge in [-0.25, -0.2) is 0 Å². The average Bonchev–Trinajstić information content (AvgIpc) is 2.97. The third-order valence-corrected chi connectivity index (χ3v) is 6.01. The van der Waals surface area contributed by atoms with Crippen molar-refractivity contribution in [2.45, 2.75) is 31.0 Å². The summed E-state index contributed by atoms with van der Waals surface area (Å²) in [5.41, 5.74) is 0. The van der Waals surface area contributed by atoms with E-state index in [0.29, 0.717) is 37.2 Å². The molecule has 0 bridgehead atoms. The molecule has 0 radical (unpaired) electrons. The van der Waals surface area contributed by atoms with E-state index in [-0.39, 0.29) is 17.1 Å². The van der Waals surface area contributed by atoms with Gasteiger partial charge < -0.3 is 4.74 Å². The minimum absolute atomic E-state index is 0.0636. The topological polar surface area (TPSA) is 61.7 Å². The molecule has 2 saturated heterocycles. The monoisotopic (exact) mass is 358 g/mol. The van der Waals surface area contributed by atoms with E-state index in [2.05, 4.69) is 9.89 Å². The van der Waals surface area contributed by atoms with Gasteiger partial charge in [0.15, 0.2) is 0 Å². The molecule has 0 aliphatic carbocycles. The van der Waals surface area contributed by atoms with Crippen LogP contribution in [0.4, 0.5) is 0 Å². The molecule has 3 rings (SSSR count). The van der Waals surface area contributed by atoms with Crippen molar-refractivity contribution in [1.29, 1.82) is 0 Å². The van der Waals surface area contributed by atoms with Gasteiger partial charge in [-0.15, -0.1) is 0 Å². The third kappa shape index (κ3) is 3.32. The van der Waals surface area contributed by atoms with Crippen molar-refractivity contribution in [1.82, 2.24) is 9.62 Å². The minimum Gasteiger partial charge on any atom is -0.369 e. The zero-order valence-corrected chi connectivity index (χ0v) is 14.8. The van der Waals surface area contributed by atoms with E-state index in [1.54, 1.807) is 12.1 Å². The molecule has 23 heavy (non-hydrogen) atoms. The van der Waals surface area contributed by atoms with Crippen molar-refractivity contribution in [3.05, 3.63) is 29.3 Å². The normalized spacial score (nSPS) is 25.6. The summed E-state index contributed by atoms with van der Waals surface area (Å²) in [5.74, 6) is 0.641. The molecule has 2 atom stereocenters. The Labute approximate surface area is 141 Å². The Hall–Kier alpha value is -1.31. The lowest BCUT2D eigenvalue weighted by molar-refractivity contribution is -0.571. The molecule has 2 fully saturated rings. The van der Waals surface area contributed by atoms with E-state index >= 15 is 0 Å². The van der Waals surface area contributed by atoms with Gasteiger partial charge in [0.1, 0.15) is 11.4 Å². The van der Waals surface area contributed by atoms with Crippen LogP contribution in [0.3, 0.4) is 0 Å². The molecule has 0 saturated carbocycles. The molecular weight excluding hydrogens is 338 g/mol. The lowest BCUT2D eigenvalue weighted by Gasteiger charge is -2.28. The fourth-order valence-electron chi connectivity index (χ4n) is 3.05. The van der Waals surface area contributed by atoms with Crippen LogP contribution in [0.1, 0.15) is 13.8 Å². The van der Waals surface area contributed by atoms with E-state index in [1.807, 2.05) is 13.8 Å². The Morgan fingerprint density at radius 3 is 2.43 bits per heavy atom. The summed E-state index contributed by atoms with van der Waals surface area (Å²) in [6, 6.07) is 6.27. The number of morpholine rings is 1. The van der Waals surface area contributed by atoms with E-state index in [1.165, 1.54) is 16.4 Å². The number of guanidine groups is 1. The van der Waals surface area contributed by atoms with Crippen LogP contribution in [0, 0.1) is 0 Å². The van der Waals surface area contributed by atoms with E-state index in [0.717, 1.165) is 0 Å². The predicted molar refractivity (Wildman–Crippen MR) is 88.4 cm³/mol. The van der Waals surface area contributed by atoms with Gasteiger partial charge in [0, 0.05) is 5.02 Å². The predicted octanol–water partition coefficient (Wildman–Crippen LogP) is 1.11. The summed E-state index contributed by atoms with van der Waals surface area (Å²) in [4.78, 5) is 0.248. The maximum atomic E-state index is 12.9. The smallest absolute Gasteiger partial charge is 0.363 e. The summed E-state index contributed by atoms with van der Waals surface area (Å²) in [6.45, 7) is 6.34. The molecule has 1 aromatic rings. The van der Waals surface area contributed by atoms with Crippen LogP contribution in [0.25, 0.3) is 0 Å². The molecule has 0 aromatic heterocycles. The lowest BCUT2D eigenvalue weighted by atomic mass is 10.2. The van der Waals surface area contributed by atoms with E-state index in [4.69, 9.17) is 16.3 Å². The first-order valence-electron chi connectivity index (χ1n) is 7.67. The second-order valence-electron chi connectivity index (χ2n) is 5.94. The fraction of sp³-hybridized carbons (Fsp3) is 0.533. The zero-order chi connectivity index (χ0) is 16.6. The number of nitrogens with zero attached hydrogens (tertiary/aromatic N) is 2. The molecule has 2 heterocycles. The molecule has 2 aliphatic heterocycles. The summed E-state index contributed by atoms with van der Waals surface area (Å²) in [5, 5.41) is 3.73. The van der Waals surface area contributed by atoms with Crippen LogP contribution in [-0.4, -0.2) is 61.6 Å². The number of rotatable bonds is 2. The molecule has 126 valence electrons. The van der Waals surface area contributed by atoms with Gasteiger partial charge in [-0.2, -0.15) is 12.7 Å². The molecule has 1 aromatic carbocycles. The van der Waals surface area contributed by atoms with Gasteiger partial charge >= 0.3 is 16.0 Å². The van der Waals surface area contributed by atoms with Crippen LogP contribution in [-0.2, 0) is 14.8 Å². The highest BCUT2D eigenvalue weighted by atomic mass is 35.5. The van der Waals surface area contributed by atoms with Gasteiger partial charge in [0.05, 0.1) is 31.8 Å². The highest BCUT2D eigenvalue weighted by Gasteiger charge is 2.41. The molecule has 2 aliphatic rings. The molecule has 8 heteroatoms. The van der Waals surface area contributed by atoms with Crippen molar-refractivity contribution >= 4 is 27.6 Å². The quantitative estimate of drug-likeness (QED) is 0.804. The summed E-state index contributed by atoms with van der Waals surface area (Å²) in [7, 11) is -3.60. The molecular formula is C15H21ClN3O3S+. The highest BCUT2D eigenvalue weighted by molar-refractivity contribution is 7.89. The van der Waals surface area contributed by atoms with Crippen LogP contribution < -0.4 is 5.32 Å². The maximum absolute atomic E-state index is 12.9. The Kier molecular flexibility index (Phi) is 4.53. The average molecular weight is 359 g/mol. The summed E-state index contributed by atoms with van der Waals surface area (Å²) < 4.78 is 35.1. The number of ether oxygens (including phenoxy) is 1. The zero-order valence-electron chi connectivity index (χ0n) is 13.2. The third-order valence-electron chi connectivity index (χ3n) is 3.96. The minimum atomic E-state index is -3.60. The van der Waals surface area contributed by atoms with Crippen molar-refractivity contribution in [3.8, 4) is 0 Å². The molecule has 0 spiro atoms. The number of sulfonamides is 1. The van der Waals surface area contributed by atoms with Crippen LogP contribution in [0.15, 0.2) is 29.2 Å². The lowest BCUT2D eigenvalue weighted by Crippen LogP contribution is -2.49.